The Morgan fingerprint density at radius 1 is 1.23 bits per heavy atom. The van der Waals surface area contributed by atoms with Crippen LogP contribution in [0, 0.1) is 5.92 Å². The van der Waals surface area contributed by atoms with Crippen LogP contribution in [0.2, 0.25) is 0 Å². The number of nitrogens with zero attached hydrogens (tertiary/aromatic N) is 2. The SMILES string of the molecule is CCNC(=NCC1CCCN1CC)NCCCOCC1CC1. The van der Waals surface area contributed by atoms with Crippen molar-refractivity contribution in [2.45, 2.75) is 52.0 Å². The van der Waals surface area contributed by atoms with Gasteiger partial charge in [0, 0.05) is 32.3 Å². The van der Waals surface area contributed by atoms with Gasteiger partial charge < -0.3 is 15.4 Å². The molecule has 0 bridgehead atoms. The van der Waals surface area contributed by atoms with Crippen LogP contribution in [0.3, 0.4) is 0 Å². The number of nitrogens with one attached hydrogen (secondary N) is 2. The highest BCUT2D eigenvalue weighted by atomic mass is 16.5. The molecule has 1 saturated carbocycles. The minimum absolute atomic E-state index is 0.627. The van der Waals surface area contributed by atoms with E-state index in [1.54, 1.807) is 0 Å². The van der Waals surface area contributed by atoms with Gasteiger partial charge in [-0.3, -0.25) is 9.89 Å². The molecule has 1 atom stereocenters. The molecule has 22 heavy (non-hydrogen) atoms. The second-order valence-corrected chi connectivity index (χ2v) is 6.44. The maximum absolute atomic E-state index is 5.66. The fourth-order valence-electron chi connectivity index (χ4n) is 2.97. The molecule has 0 amide bonds. The van der Waals surface area contributed by atoms with Gasteiger partial charge in [0.05, 0.1) is 6.54 Å². The molecule has 1 aliphatic carbocycles. The maximum Gasteiger partial charge on any atom is 0.191 e. The Balaban J connectivity index is 1.60. The Morgan fingerprint density at radius 3 is 2.82 bits per heavy atom. The van der Waals surface area contributed by atoms with E-state index in [0.717, 1.165) is 57.7 Å². The smallest absolute Gasteiger partial charge is 0.191 e. The van der Waals surface area contributed by atoms with E-state index >= 15 is 0 Å². The quantitative estimate of drug-likeness (QED) is 0.367. The first kappa shape index (κ1) is 17.5. The fourth-order valence-corrected chi connectivity index (χ4v) is 2.97. The highest BCUT2D eigenvalue weighted by Gasteiger charge is 2.22. The molecule has 5 nitrogen and oxygen atoms in total. The average molecular weight is 310 g/mol. The Hall–Kier alpha value is -0.810. The molecular formula is C17H34N4O. The van der Waals surface area contributed by atoms with Crippen LogP contribution in [0.25, 0.3) is 0 Å². The van der Waals surface area contributed by atoms with Crippen molar-refractivity contribution in [2.75, 3.05) is 45.9 Å². The summed E-state index contributed by atoms with van der Waals surface area (Å²) in [4.78, 5) is 7.30. The van der Waals surface area contributed by atoms with E-state index in [9.17, 15) is 0 Å². The molecule has 0 aromatic heterocycles. The summed E-state index contributed by atoms with van der Waals surface area (Å²) < 4.78 is 5.66. The van der Waals surface area contributed by atoms with Crippen molar-refractivity contribution in [3.05, 3.63) is 0 Å². The summed E-state index contributed by atoms with van der Waals surface area (Å²) in [6.07, 6.45) is 6.38. The van der Waals surface area contributed by atoms with Gasteiger partial charge in [0.1, 0.15) is 0 Å². The molecule has 2 aliphatic rings. The molecule has 0 spiro atoms. The Kier molecular flexibility index (Phi) is 8.02. The standard InChI is InChI=1S/C17H34N4O/c1-3-18-17(19-10-6-12-22-14-15-8-9-15)20-13-16-7-5-11-21(16)4-2/h15-16H,3-14H2,1-2H3,(H2,18,19,20). The third kappa shape index (κ3) is 6.53. The third-order valence-electron chi connectivity index (χ3n) is 4.52. The van der Waals surface area contributed by atoms with Crippen LogP contribution >= 0.6 is 0 Å². The molecule has 128 valence electrons. The number of hydrogen-bond acceptors (Lipinski definition) is 3. The first-order valence-corrected chi connectivity index (χ1v) is 9.17. The number of ether oxygens (including phenoxy) is 1. The van der Waals surface area contributed by atoms with E-state index in [-0.39, 0.29) is 0 Å². The number of likely N-dealkylation sites (tertiary alicyclic amines) is 1. The molecule has 1 aliphatic heterocycles. The predicted octanol–water partition coefficient (Wildman–Crippen LogP) is 1.84. The molecule has 2 rings (SSSR count). The predicted molar refractivity (Wildman–Crippen MR) is 92.4 cm³/mol. The van der Waals surface area contributed by atoms with Gasteiger partial charge in [-0.1, -0.05) is 6.92 Å². The van der Waals surface area contributed by atoms with Crippen molar-refractivity contribution in [1.29, 1.82) is 0 Å². The van der Waals surface area contributed by atoms with Gasteiger partial charge >= 0.3 is 0 Å². The monoisotopic (exact) mass is 310 g/mol. The Morgan fingerprint density at radius 2 is 2.09 bits per heavy atom. The van der Waals surface area contributed by atoms with E-state index in [0.29, 0.717) is 6.04 Å². The molecule has 0 aromatic carbocycles. The van der Waals surface area contributed by atoms with Crippen molar-refractivity contribution >= 4 is 5.96 Å². The lowest BCUT2D eigenvalue weighted by Crippen LogP contribution is -2.39. The van der Waals surface area contributed by atoms with Crippen LogP contribution in [0.15, 0.2) is 4.99 Å². The van der Waals surface area contributed by atoms with Crippen LogP contribution in [0.4, 0.5) is 0 Å². The van der Waals surface area contributed by atoms with Crippen molar-refractivity contribution in [2.24, 2.45) is 10.9 Å². The fraction of sp³-hybridized carbons (Fsp3) is 0.941. The van der Waals surface area contributed by atoms with Crippen molar-refractivity contribution in [3.8, 4) is 0 Å². The summed E-state index contributed by atoms with van der Waals surface area (Å²) >= 11 is 0. The van der Waals surface area contributed by atoms with Crippen LogP contribution < -0.4 is 10.6 Å². The molecule has 2 fully saturated rings. The first-order valence-electron chi connectivity index (χ1n) is 9.17. The Bertz CT molecular complexity index is 331. The summed E-state index contributed by atoms with van der Waals surface area (Å²) in [5, 5.41) is 6.76. The highest BCUT2D eigenvalue weighted by Crippen LogP contribution is 2.28. The van der Waals surface area contributed by atoms with Crippen LogP contribution in [0.5, 0.6) is 0 Å². The molecule has 2 N–H and O–H groups in total. The molecule has 0 aromatic rings. The number of rotatable bonds is 10. The second-order valence-electron chi connectivity index (χ2n) is 6.44. The molecule has 5 heteroatoms. The first-order chi connectivity index (χ1) is 10.8. The summed E-state index contributed by atoms with van der Waals surface area (Å²) in [5.41, 5.74) is 0. The lowest BCUT2D eigenvalue weighted by Gasteiger charge is -2.21. The van der Waals surface area contributed by atoms with E-state index < -0.39 is 0 Å². The zero-order chi connectivity index (χ0) is 15.6. The van der Waals surface area contributed by atoms with Gasteiger partial charge in [-0.2, -0.15) is 0 Å². The van der Waals surface area contributed by atoms with Gasteiger partial charge in [-0.15, -0.1) is 0 Å². The van der Waals surface area contributed by atoms with Crippen molar-refractivity contribution < 1.29 is 4.74 Å². The average Bonchev–Trinajstić information content (AvgIpc) is 3.24. The maximum atomic E-state index is 5.66. The van der Waals surface area contributed by atoms with E-state index in [1.165, 1.54) is 32.2 Å². The van der Waals surface area contributed by atoms with Gasteiger partial charge in [0.2, 0.25) is 0 Å². The summed E-state index contributed by atoms with van der Waals surface area (Å²) in [6, 6.07) is 0.627. The van der Waals surface area contributed by atoms with Gasteiger partial charge in [-0.25, -0.2) is 0 Å². The van der Waals surface area contributed by atoms with Gasteiger partial charge in [0.25, 0.3) is 0 Å². The molecule has 1 heterocycles. The van der Waals surface area contributed by atoms with E-state index in [2.05, 4.69) is 29.4 Å². The lowest BCUT2D eigenvalue weighted by atomic mass is 10.2. The van der Waals surface area contributed by atoms with Crippen LogP contribution in [0.1, 0.15) is 46.0 Å². The topological polar surface area (TPSA) is 48.9 Å². The van der Waals surface area contributed by atoms with Crippen LogP contribution in [-0.4, -0.2) is 62.8 Å². The zero-order valence-corrected chi connectivity index (χ0v) is 14.4. The summed E-state index contributed by atoms with van der Waals surface area (Å²) in [7, 11) is 0. The molecule has 1 unspecified atom stereocenters. The summed E-state index contributed by atoms with van der Waals surface area (Å²) in [6.45, 7) is 11.3. The Labute approximate surface area is 135 Å². The van der Waals surface area contributed by atoms with Crippen molar-refractivity contribution in [1.82, 2.24) is 15.5 Å². The lowest BCUT2D eigenvalue weighted by molar-refractivity contribution is 0.123. The normalized spacial score (nSPS) is 23.0. The second kappa shape index (κ2) is 10.1. The van der Waals surface area contributed by atoms with E-state index in [4.69, 9.17) is 9.73 Å². The van der Waals surface area contributed by atoms with Crippen molar-refractivity contribution in [3.63, 3.8) is 0 Å². The number of guanidine groups is 1. The molecule has 0 radical (unpaired) electrons. The highest BCUT2D eigenvalue weighted by molar-refractivity contribution is 5.79. The minimum atomic E-state index is 0.627. The number of aliphatic imine (C=N–C) groups is 1. The third-order valence-corrected chi connectivity index (χ3v) is 4.52. The summed E-state index contributed by atoms with van der Waals surface area (Å²) in [5.74, 6) is 1.81. The van der Waals surface area contributed by atoms with Gasteiger partial charge in [-0.05, 0) is 58.0 Å². The molecular weight excluding hydrogens is 276 g/mol. The minimum Gasteiger partial charge on any atom is -0.381 e. The number of hydrogen-bond donors (Lipinski definition) is 2. The largest absolute Gasteiger partial charge is 0.381 e. The van der Waals surface area contributed by atoms with Gasteiger partial charge in [0.15, 0.2) is 5.96 Å². The number of likely N-dealkylation sites (N-methyl/N-ethyl adjacent to an activating group) is 1. The van der Waals surface area contributed by atoms with Crippen LogP contribution in [-0.2, 0) is 4.74 Å². The van der Waals surface area contributed by atoms with E-state index in [1.807, 2.05) is 0 Å². The zero-order valence-electron chi connectivity index (χ0n) is 14.4. The molecule has 1 saturated heterocycles.